The van der Waals surface area contributed by atoms with E-state index < -0.39 is 6.04 Å². The zero-order valence-electron chi connectivity index (χ0n) is 13.9. The maximum Gasteiger partial charge on any atom is 0.239 e. The minimum absolute atomic E-state index is 0.221. The topological polar surface area (TPSA) is 49.6 Å². The number of piperazine rings is 1. The molecule has 1 unspecified atom stereocenters. The monoisotopic (exact) mass is 361 g/mol. The summed E-state index contributed by atoms with van der Waals surface area (Å²) in [5.41, 5.74) is 7.59. The summed E-state index contributed by atoms with van der Waals surface area (Å²) in [5.74, 6) is -0.574. The quantitative estimate of drug-likeness (QED) is 0.891. The largest absolute Gasteiger partial charge is 0.368 e. The summed E-state index contributed by atoms with van der Waals surface area (Å²) >= 11 is 5.93. The fourth-order valence-corrected chi connectivity index (χ4v) is 3.35. The van der Waals surface area contributed by atoms with Gasteiger partial charge in [0.25, 0.3) is 0 Å². The van der Waals surface area contributed by atoms with Crippen LogP contribution in [0.4, 0.5) is 4.39 Å². The van der Waals surface area contributed by atoms with Gasteiger partial charge < -0.3 is 5.73 Å². The van der Waals surface area contributed by atoms with Crippen LogP contribution < -0.4 is 5.73 Å². The fourth-order valence-electron chi connectivity index (χ4n) is 3.23. The molecule has 0 bridgehead atoms. The van der Waals surface area contributed by atoms with Crippen molar-refractivity contribution in [1.29, 1.82) is 0 Å². The van der Waals surface area contributed by atoms with Gasteiger partial charge in [-0.3, -0.25) is 14.6 Å². The maximum atomic E-state index is 13.0. The van der Waals surface area contributed by atoms with Gasteiger partial charge in [-0.2, -0.15) is 0 Å². The Labute approximate surface area is 152 Å². The summed E-state index contributed by atoms with van der Waals surface area (Å²) in [5, 5.41) is 0.635. The number of benzene rings is 2. The van der Waals surface area contributed by atoms with Gasteiger partial charge in [-0.25, -0.2) is 4.39 Å². The Balaban J connectivity index is 1.62. The number of carbonyl (C=O) groups excluding carboxylic acids is 1. The van der Waals surface area contributed by atoms with Crippen molar-refractivity contribution in [2.75, 3.05) is 26.2 Å². The minimum Gasteiger partial charge on any atom is -0.368 e. The molecule has 1 saturated heterocycles. The molecule has 0 saturated carbocycles. The Morgan fingerprint density at radius 1 is 1.04 bits per heavy atom. The number of nitrogens with two attached hydrogens (primary N) is 1. The van der Waals surface area contributed by atoms with Crippen molar-refractivity contribution in [2.45, 2.75) is 12.6 Å². The fraction of sp³-hybridized carbons (Fsp3) is 0.316. The highest BCUT2D eigenvalue weighted by atomic mass is 35.5. The molecule has 0 aromatic heterocycles. The van der Waals surface area contributed by atoms with Crippen molar-refractivity contribution < 1.29 is 9.18 Å². The van der Waals surface area contributed by atoms with Crippen LogP contribution >= 0.6 is 11.6 Å². The summed E-state index contributed by atoms with van der Waals surface area (Å²) in [7, 11) is 0. The van der Waals surface area contributed by atoms with Gasteiger partial charge in [-0.1, -0.05) is 35.9 Å². The van der Waals surface area contributed by atoms with Crippen LogP contribution in [-0.2, 0) is 11.3 Å². The van der Waals surface area contributed by atoms with Crippen molar-refractivity contribution in [1.82, 2.24) is 9.80 Å². The average Bonchev–Trinajstić information content (AvgIpc) is 2.60. The Bertz CT molecular complexity index is 712. The molecule has 1 amide bonds. The second-order valence-electron chi connectivity index (χ2n) is 6.30. The molecule has 4 nitrogen and oxygen atoms in total. The van der Waals surface area contributed by atoms with E-state index in [1.807, 2.05) is 24.3 Å². The van der Waals surface area contributed by atoms with E-state index in [0.717, 1.165) is 43.9 Å². The van der Waals surface area contributed by atoms with Gasteiger partial charge in [0, 0.05) is 37.7 Å². The first-order chi connectivity index (χ1) is 12.0. The van der Waals surface area contributed by atoms with Gasteiger partial charge in [0.15, 0.2) is 0 Å². The highest BCUT2D eigenvalue weighted by Gasteiger charge is 2.28. The van der Waals surface area contributed by atoms with Gasteiger partial charge in [0.05, 0.1) is 0 Å². The van der Waals surface area contributed by atoms with Crippen LogP contribution in [-0.4, -0.2) is 41.9 Å². The van der Waals surface area contributed by atoms with E-state index in [-0.39, 0.29) is 11.7 Å². The summed E-state index contributed by atoms with van der Waals surface area (Å²) in [6.07, 6.45) is 0. The third-order valence-electron chi connectivity index (χ3n) is 4.55. The molecule has 132 valence electrons. The standard InChI is InChI=1S/C19H21ClFN3O/c20-16-5-3-15(4-6-16)18(19(22)25)24-11-9-23(10-12-24)13-14-1-7-17(21)8-2-14/h1-8,18H,9-13H2,(H2,22,25). The first-order valence-electron chi connectivity index (χ1n) is 8.28. The van der Waals surface area contributed by atoms with Crippen molar-refractivity contribution >= 4 is 17.5 Å². The van der Waals surface area contributed by atoms with Crippen molar-refractivity contribution in [3.8, 4) is 0 Å². The van der Waals surface area contributed by atoms with Gasteiger partial charge in [-0.15, -0.1) is 0 Å². The van der Waals surface area contributed by atoms with Crippen LogP contribution in [0.1, 0.15) is 17.2 Å². The lowest BCUT2D eigenvalue weighted by molar-refractivity contribution is -0.124. The maximum absolute atomic E-state index is 13.0. The second kappa shape index (κ2) is 7.95. The predicted molar refractivity (Wildman–Crippen MR) is 96.6 cm³/mol. The zero-order valence-corrected chi connectivity index (χ0v) is 14.6. The van der Waals surface area contributed by atoms with Crippen molar-refractivity contribution in [3.05, 3.63) is 70.5 Å². The molecule has 25 heavy (non-hydrogen) atoms. The average molecular weight is 362 g/mol. The van der Waals surface area contributed by atoms with Crippen LogP contribution in [0.25, 0.3) is 0 Å². The van der Waals surface area contributed by atoms with Crippen LogP contribution in [0.5, 0.6) is 0 Å². The summed E-state index contributed by atoms with van der Waals surface area (Å²) in [6.45, 7) is 3.93. The van der Waals surface area contributed by atoms with E-state index in [1.165, 1.54) is 12.1 Å². The van der Waals surface area contributed by atoms with E-state index >= 15 is 0 Å². The van der Waals surface area contributed by atoms with Gasteiger partial charge in [0.2, 0.25) is 5.91 Å². The number of carbonyl (C=O) groups is 1. The molecular weight excluding hydrogens is 341 g/mol. The van der Waals surface area contributed by atoms with Gasteiger partial charge in [-0.05, 0) is 35.4 Å². The number of primary amides is 1. The summed E-state index contributed by atoms with van der Waals surface area (Å²) in [6, 6.07) is 13.4. The second-order valence-corrected chi connectivity index (χ2v) is 6.73. The first kappa shape index (κ1) is 17.9. The molecule has 1 atom stereocenters. The predicted octanol–water partition coefficient (Wildman–Crippen LogP) is 2.82. The number of amides is 1. The van der Waals surface area contributed by atoms with Crippen molar-refractivity contribution in [2.24, 2.45) is 5.73 Å². The molecule has 0 radical (unpaired) electrons. The van der Waals surface area contributed by atoms with Crippen LogP contribution in [0.2, 0.25) is 5.02 Å². The third kappa shape index (κ3) is 4.57. The van der Waals surface area contributed by atoms with E-state index in [0.29, 0.717) is 5.02 Å². The lowest BCUT2D eigenvalue weighted by Gasteiger charge is -2.38. The first-order valence-corrected chi connectivity index (χ1v) is 8.66. The zero-order chi connectivity index (χ0) is 17.8. The highest BCUT2D eigenvalue weighted by Crippen LogP contribution is 2.24. The summed E-state index contributed by atoms with van der Waals surface area (Å²) < 4.78 is 13.0. The number of halogens is 2. The minimum atomic E-state index is -0.440. The Morgan fingerprint density at radius 3 is 2.20 bits per heavy atom. The van der Waals surface area contributed by atoms with E-state index in [2.05, 4.69) is 9.80 Å². The number of rotatable bonds is 5. The molecule has 0 aliphatic carbocycles. The third-order valence-corrected chi connectivity index (χ3v) is 4.80. The van der Waals surface area contributed by atoms with Crippen LogP contribution in [0.3, 0.4) is 0 Å². The normalized spacial score (nSPS) is 17.4. The molecule has 2 aromatic carbocycles. The lowest BCUT2D eigenvalue weighted by atomic mass is 10.0. The van der Waals surface area contributed by atoms with E-state index in [9.17, 15) is 9.18 Å². The number of hydrogen-bond acceptors (Lipinski definition) is 3. The lowest BCUT2D eigenvalue weighted by Crippen LogP contribution is -2.49. The molecule has 1 heterocycles. The molecule has 1 aliphatic rings. The Kier molecular flexibility index (Phi) is 5.68. The molecule has 2 aromatic rings. The highest BCUT2D eigenvalue weighted by molar-refractivity contribution is 6.30. The van der Waals surface area contributed by atoms with Gasteiger partial charge >= 0.3 is 0 Å². The van der Waals surface area contributed by atoms with Gasteiger partial charge in [0.1, 0.15) is 11.9 Å². The molecule has 3 rings (SSSR count). The number of nitrogens with zero attached hydrogens (tertiary/aromatic N) is 2. The Hall–Kier alpha value is -1.95. The van der Waals surface area contributed by atoms with Crippen molar-refractivity contribution in [3.63, 3.8) is 0 Å². The van der Waals surface area contributed by atoms with Crippen LogP contribution in [0.15, 0.2) is 48.5 Å². The SMILES string of the molecule is NC(=O)C(c1ccc(Cl)cc1)N1CCN(Cc2ccc(F)cc2)CC1. The van der Waals surface area contributed by atoms with E-state index in [1.54, 1.807) is 12.1 Å². The van der Waals surface area contributed by atoms with Crippen LogP contribution in [0, 0.1) is 5.82 Å². The Morgan fingerprint density at radius 2 is 1.64 bits per heavy atom. The molecular formula is C19H21ClFN3O. The molecule has 6 heteroatoms. The molecule has 1 aliphatic heterocycles. The molecule has 0 spiro atoms. The molecule has 1 fully saturated rings. The van der Waals surface area contributed by atoms with E-state index in [4.69, 9.17) is 17.3 Å². The summed E-state index contributed by atoms with van der Waals surface area (Å²) in [4.78, 5) is 16.4. The molecule has 2 N–H and O–H groups in total. The smallest absolute Gasteiger partial charge is 0.239 e. The number of hydrogen-bond donors (Lipinski definition) is 1.